The van der Waals surface area contributed by atoms with E-state index in [1.165, 1.54) is 56.6 Å². The van der Waals surface area contributed by atoms with Crippen molar-refractivity contribution in [3.05, 3.63) is 161 Å². The van der Waals surface area contributed by atoms with Crippen LogP contribution < -0.4 is 21.8 Å². The second kappa shape index (κ2) is 17.5. The number of aliphatic hydroxyl groups excluding tert-OH is 2. The van der Waals surface area contributed by atoms with Gasteiger partial charge in [0.25, 0.3) is 0 Å². The van der Waals surface area contributed by atoms with Gasteiger partial charge in [0.1, 0.15) is 0 Å². The lowest BCUT2D eigenvalue weighted by atomic mass is 9.97. The molecule has 0 amide bonds. The molecule has 2 aliphatic carbocycles. The first-order valence-electron chi connectivity index (χ1n) is 20.5. The highest BCUT2D eigenvalue weighted by molar-refractivity contribution is 5.83. The Balaban J connectivity index is 0.000000172. The molecule has 6 aromatic rings. The molecule has 0 bridgehead atoms. The molecule has 56 heavy (non-hydrogen) atoms. The minimum Gasteiger partial charge on any atom is -0.387 e. The van der Waals surface area contributed by atoms with Crippen LogP contribution >= 0.6 is 0 Å². The van der Waals surface area contributed by atoms with E-state index in [9.17, 15) is 19.8 Å². The van der Waals surface area contributed by atoms with Gasteiger partial charge in [-0.2, -0.15) is 0 Å². The summed E-state index contributed by atoms with van der Waals surface area (Å²) in [7, 11) is 0. The predicted molar refractivity (Wildman–Crippen MR) is 228 cm³/mol. The number of nitrogens with one attached hydrogen (secondary N) is 4. The standard InChI is InChI=1S/2C24H28N2O2/c2*1-3-15-10-17-12-19(13-18(17)11-16(15)4-2)25-14-23(27)21-6-5-7-22-20(21)8-9-24(28)26-22/h2*5-11,19,23,25,27H,3-4,12-14H2,1-2H3,(H,26,28)/t2*23-/m00/s1. The van der Waals surface area contributed by atoms with Gasteiger partial charge in [-0.15, -0.1) is 0 Å². The zero-order valence-corrected chi connectivity index (χ0v) is 33.2. The van der Waals surface area contributed by atoms with Gasteiger partial charge in [-0.3, -0.25) is 9.59 Å². The fourth-order valence-corrected chi connectivity index (χ4v) is 8.93. The van der Waals surface area contributed by atoms with Crippen molar-refractivity contribution in [3.63, 3.8) is 0 Å². The molecule has 0 aliphatic heterocycles. The quantitative estimate of drug-likeness (QED) is 0.0809. The van der Waals surface area contributed by atoms with E-state index in [-0.39, 0.29) is 11.1 Å². The predicted octanol–water partition coefficient (Wildman–Crippen LogP) is 6.89. The lowest BCUT2D eigenvalue weighted by Gasteiger charge is -2.18. The smallest absolute Gasteiger partial charge is 0.248 e. The van der Waals surface area contributed by atoms with Gasteiger partial charge in [0.2, 0.25) is 11.1 Å². The zero-order chi connectivity index (χ0) is 39.3. The van der Waals surface area contributed by atoms with Crippen molar-refractivity contribution in [3.8, 4) is 0 Å². The van der Waals surface area contributed by atoms with Crippen molar-refractivity contribution in [2.45, 2.75) is 103 Å². The summed E-state index contributed by atoms with van der Waals surface area (Å²) < 4.78 is 0. The number of hydrogen-bond donors (Lipinski definition) is 6. The van der Waals surface area contributed by atoms with Gasteiger partial charge in [0, 0.05) is 59.1 Å². The molecule has 2 heterocycles. The second-order valence-corrected chi connectivity index (χ2v) is 15.5. The van der Waals surface area contributed by atoms with Gasteiger partial charge in [0.15, 0.2) is 0 Å². The third-order valence-electron chi connectivity index (χ3n) is 11.9. The van der Waals surface area contributed by atoms with E-state index in [1.54, 1.807) is 12.1 Å². The van der Waals surface area contributed by atoms with Gasteiger partial charge >= 0.3 is 0 Å². The summed E-state index contributed by atoms with van der Waals surface area (Å²) in [6.45, 7) is 9.88. The molecule has 0 fully saturated rings. The summed E-state index contributed by atoms with van der Waals surface area (Å²) in [4.78, 5) is 28.7. The lowest BCUT2D eigenvalue weighted by molar-refractivity contribution is 0.171. The van der Waals surface area contributed by atoms with E-state index in [1.807, 2.05) is 36.4 Å². The summed E-state index contributed by atoms with van der Waals surface area (Å²) >= 11 is 0. The number of aromatic nitrogens is 2. The van der Waals surface area contributed by atoms with Crippen molar-refractivity contribution in [1.29, 1.82) is 0 Å². The highest BCUT2D eigenvalue weighted by Crippen LogP contribution is 2.30. The van der Waals surface area contributed by atoms with Gasteiger partial charge in [-0.05, 0) is 131 Å². The number of pyridine rings is 2. The Hall–Kier alpha value is -4.86. The zero-order valence-electron chi connectivity index (χ0n) is 33.2. The molecule has 0 radical (unpaired) electrons. The van der Waals surface area contributed by atoms with Gasteiger partial charge in [-0.1, -0.05) is 76.2 Å². The minimum atomic E-state index is -0.615. The molecular formula is C48H56N4O4. The van der Waals surface area contributed by atoms with Gasteiger partial charge in [0.05, 0.1) is 12.2 Å². The number of fused-ring (bicyclic) bond motifs is 4. The van der Waals surface area contributed by atoms with Crippen molar-refractivity contribution in [1.82, 2.24) is 20.6 Å². The Labute approximate surface area is 329 Å². The maximum Gasteiger partial charge on any atom is 0.248 e. The van der Waals surface area contributed by atoms with Gasteiger partial charge < -0.3 is 30.8 Å². The molecule has 2 aliphatic rings. The Morgan fingerprint density at radius 1 is 0.536 bits per heavy atom. The summed E-state index contributed by atoms with van der Waals surface area (Å²) in [6.07, 6.45) is 7.15. The van der Waals surface area contributed by atoms with Crippen molar-refractivity contribution < 1.29 is 10.2 Å². The van der Waals surface area contributed by atoms with Crippen LogP contribution in [-0.4, -0.2) is 45.4 Å². The normalized spacial score (nSPS) is 15.1. The number of H-pyrrole nitrogens is 2. The first-order valence-corrected chi connectivity index (χ1v) is 20.5. The maximum absolute atomic E-state index is 11.5. The fourth-order valence-electron chi connectivity index (χ4n) is 8.93. The Morgan fingerprint density at radius 3 is 1.20 bits per heavy atom. The minimum absolute atomic E-state index is 0.126. The van der Waals surface area contributed by atoms with Crippen LogP contribution in [-0.2, 0) is 51.4 Å². The van der Waals surface area contributed by atoms with E-state index < -0.39 is 12.2 Å². The lowest BCUT2D eigenvalue weighted by Crippen LogP contribution is -2.33. The molecule has 0 unspecified atom stereocenters. The van der Waals surface area contributed by atoms with Crippen molar-refractivity contribution in [2.75, 3.05) is 13.1 Å². The molecule has 8 nitrogen and oxygen atoms in total. The van der Waals surface area contributed by atoms with Crippen LogP contribution in [0.3, 0.4) is 0 Å². The third kappa shape index (κ3) is 8.59. The van der Waals surface area contributed by atoms with E-state index >= 15 is 0 Å². The van der Waals surface area contributed by atoms with Crippen molar-refractivity contribution >= 4 is 21.8 Å². The van der Waals surface area contributed by atoms with Crippen LogP contribution in [0.5, 0.6) is 0 Å². The third-order valence-corrected chi connectivity index (χ3v) is 11.9. The summed E-state index contributed by atoms with van der Waals surface area (Å²) in [5.74, 6) is 0. The number of benzene rings is 4. The van der Waals surface area contributed by atoms with Crippen LogP contribution in [0, 0.1) is 0 Å². The number of rotatable bonds is 12. The highest BCUT2D eigenvalue weighted by Gasteiger charge is 2.25. The average molecular weight is 753 g/mol. The number of hydrogen-bond acceptors (Lipinski definition) is 6. The summed E-state index contributed by atoms with van der Waals surface area (Å²) in [5.41, 5.74) is 14.6. The Morgan fingerprint density at radius 2 is 0.875 bits per heavy atom. The van der Waals surface area contributed by atoms with Crippen LogP contribution in [0.1, 0.15) is 95.5 Å². The van der Waals surface area contributed by atoms with Crippen LogP contribution in [0.4, 0.5) is 0 Å². The van der Waals surface area contributed by atoms with E-state index in [0.29, 0.717) is 25.2 Å². The molecule has 2 atom stereocenters. The fraction of sp³-hybridized carbons (Fsp3) is 0.375. The van der Waals surface area contributed by atoms with Crippen LogP contribution in [0.2, 0.25) is 0 Å². The van der Waals surface area contributed by atoms with E-state index in [0.717, 1.165) is 84.3 Å². The molecule has 0 saturated carbocycles. The molecule has 0 spiro atoms. The Kier molecular flexibility index (Phi) is 12.3. The highest BCUT2D eigenvalue weighted by atomic mass is 16.3. The van der Waals surface area contributed by atoms with Crippen molar-refractivity contribution in [2.24, 2.45) is 0 Å². The first kappa shape index (κ1) is 39.4. The molecule has 6 N–H and O–H groups in total. The Bertz CT molecular complexity index is 2210. The molecular weight excluding hydrogens is 697 g/mol. The van der Waals surface area contributed by atoms with Gasteiger partial charge in [-0.25, -0.2) is 0 Å². The molecule has 2 aromatic heterocycles. The summed E-state index contributed by atoms with van der Waals surface area (Å²) in [5, 5.41) is 30.5. The largest absolute Gasteiger partial charge is 0.387 e. The first-order chi connectivity index (χ1) is 27.2. The molecule has 0 saturated heterocycles. The molecule has 4 aromatic carbocycles. The number of aromatic amines is 2. The monoisotopic (exact) mass is 752 g/mol. The average Bonchev–Trinajstić information content (AvgIpc) is 3.82. The summed E-state index contributed by atoms with van der Waals surface area (Å²) in [6, 6.07) is 28.2. The number of aryl methyl sites for hydroxylation is 4. The second-order valence-electron chi connectivity index (χ2n) is 15.5. The molecule has 292 valence electrons. The van der Waals surface area contributed by atoms with E-state index in [4.69, 9.17) is 0 Å². The topological polar surface area (TPSA) is 130 Å². The number of aliphatic hydroxyl groups is 2. The SMILES string of the molecule is CCc1cc2c(cc1CC)CC(NC[C@H](O)c1cccc3[nH]c(=O)ccc13)C2.CCc1cc2c(cc1CC)CC(NC[C@H](O)c1cccc3[nH]c(=O)ccc13)C2. The molecule has 8 rings (SSSR count). The molecule has 8 heteroatoms. The van der Waals surface area contributed by atoms with Crippen LogP contribution in [0.15, 0.2) is 94.5 Å². The van der Waals surface area contributed by atoms with Crippen LogP contribution in [0.25, 0.3) is 21.8 Å². The maximum atomic E-state index is 11.5. The van der Waals surface area contributed by atoms with E-state index in [2.05, 4.69) is 72.6 Å².